The Hall–Kier alpha value is -2.43. The van der Waals surface area contributed by atoms with E-state index < -0.39 is 16.9 Å². The van der Waals surface area contributed by atoms with E-state index in [-0.39, 0.29) is 0 Å². The Labute approximate surface area is 150 Å². The molecular formula is C21H20O3S. The van der Waals surface area contributed by atoms with Crippen LogP contribution in [-0.4, -0.2) is 16.4 Å². The van der Waals surface area contributed by atoms with Crippen molar-refractivity contribution in [3.8, 4) is 5.75 Å². The van der Waals surface area contributed by atoms with Gasteiger partial charge in [-0.05, 0) is 42.8 Å². The van der Waals surface area contributed by atoms with Gasteiger partial charge in [0.25, 0.3) is 0 Å². The molecule has 0 aliphatic rings. The molecule has 25 heavy (non-hydrogen) atoms. The first-order valence-electron chi connectivity index (χ1n) is 7.99. The predicted molar refractivity (Wildman–Crippen MR) is 99.4 cm³/mol. The summed E-state index contributed by atoms with van der Waals surface area (Å²) in [6.45, 7) is 1.99. The van der Waals surface area contributed by atoms with Gasteiger partial charge in [-0.3, -0.25) is 0 Å². The minimum absolute atomic E-state index is 0.613. The lowest BCUT2D eigenvalue weighted by molar-refractivity contribution is 0.216. The second kappa shape index (κ2) is 7.64. The van der Waals surface area contributed by atoms with E-state index in [1.165, 1.54) is 0 Å². The maximum absolute atomic E-state index is 13.0. The van der Waals surface area contributed by atoms with Crippen LogP contribution in [0.3, 0.4) is 0 Å². The number of hydrogen-bond donors (Lipinski definition) is 1. The largest absolute Gasteiger partial charge is 0.497 e. The number of methoxy groups -OCH3 is 1. The van der Waals surface area contributed by atoms with Gasteiger partial charge in [0.2, 0.25) is 0 Å². The molecule has 0 radical (unpaired) electrons. The predicted octanol–water partition coefficient (Wildman–Crippen LogP) is 4.25. The Morgan fingerprint density at radius 2 is 1.68 bits per heavy atom. The molecule has 0 fully saturated rings. The van der Waals surface area contributed by atoms with E-state index >= 15 is 0 Å². The van der Waals surface area contributed by atoms with Crippen LogP contribution in [0.15, 0.2) is 82.6 Å². The first kappa shape index (κ1) is 17.4. The third kappa shape index (κ3) is 3.81. The number of benzene rings is 3. The number of ether oxygens (including phenoxy) is 1. The minimum Gasteiger partial charge on any atom is -0.497 e. The van der Waals surface area contributed by atoms with Gasteiger partial charge in [0.05, 0.1) is 17.9 Å². The Bertz CT molecular complexity index is 888. The summed E-state index contributed by atoms with van der Waals surface area (Å²) in [6.07, 6.45) is -0.874. The fourth-order valence-corrected chi connectivity index (χ4v) is 3.89. The van der Waals surface area contributed by atoms with E-state index in [1.54, 1.807) is 19.2 Å². The zero-order valence-corrected chi connectivity index (χ0v) is 15.0. The number of aliphatic hydroxyl groups excluding tert-OH is 1. The lowest BCUT2D eigenvalue weighted by atomic mass is 10.0. The van der Waals surface area contributed by atoms with Crippen LogP contribution in [0.4, 0.5) is 0 Å². The van der Waals surface area contributed by atoms with E-state index in [1.807, 2.05) is 67.6 Å². The van der Waals surface area contributed by atoms with Crippen molar-refractivity contribution in [2.45, 2.75) is 22.8 Å². The molecule has 1 unspecified atom stereocenters. The van der Waals surface area contributed by atoms with Crippen LogP contribution in [0.5, 0.6) is 5.75 Å². The number of aryl methyl sites for hydroxylation is 1. The molecule has 0 aliphatic carbocycles. The van der Waals surface area contributed by atoms with Crippen LogP contribution in [0.25, 0.3) is 0 Å². The maximum atomic E-state index is 13.0. The summed E-state index contributed by atoms with van der Waals surface area (Å²) in [6, 6.07) is 22.2. The summed E-state index contributed by atoms with van der Waals surface area (Å²) < 4.78 is 18.2. The van der Waals surface area contributed by atoms with Crippen LogP contribution < -0.4 is 4.74 Å². The molecule has 3 rings (SSSR count). The highest BCUT2D eigenvalue weighted by atomic mass is 32.2. The standard InChI is InChI=1S/C21H20O3S/c1-15-10-12-18(13-11-15)25(23)20-9-4-3-8-19(20)21(22)16-6-5-7-17(14-16)24-2/h3-14,21-22H,1-2H3/t21-,25?/m1/s1. The summed E-state index contributed by atoms with van der Waals surface area (Å²) in [7, 11) is 0.230. The van der Waals surface area contributed by atoms with Gasteiger partial charge < -0.3 is 9.84 Å². The van der Waals surface area contributed by atoms with Crippen molar-refractivity contribution in [1.82, 2.24) is 0 Å². The van der Waals surface area contributed by atoms with Crippen molar-refractivity contribution in [2.75, 3.05) is 7.11 Å². The fraction of sp³-hybridized carbons (Fsp3) is 0.143. The molecular weight excluding hydrogens is 332 g/mol. The summed E-state index contributed by atoms with van der Waals surface area (Å²) in [5, 5.41) is 10.8. The van der Waals surface area contributed by atoms with Crippen LogP contribution in [-0.2, 0) is 10.8 Å². The molecule has 0 bridgehead atoms. The third-order valence-electron chi connectivity index (χ3n) is 4.06. The lowest BCUT2D eigenvalue weighted by Crippen LogP contribution is -2.06. The summed E-state index contributed by atoms with van der Waals surface area (Å²) in [5.41, 5.74) is 2.45. The third-order valence-corrected chi connectivity index (χ3v) is 5.53. The highest BCUT2D eigenvalue weighted by Crippen LogP contribution is 2.30. The Balaban J connectivity index is 2.00. The molecule has 0 amide bonds. The van der Waals surface area contributed by atoms with Gasteiger partial charge in [0, 0.05) is 15.4 Å². The van der Waals surface area contributed by atoms with Crippen molar-refractivity contribution in [2.24, 2.45) is 0 Å². The van der Waals surface area contributed by atoms with Crippen LogP contribution >= 0.6 is 0 Å². The van der Waals surface area contributed by atoms with Gasteiger partial charge in [-0.2, -0.15) is 0 Å². The average molecular weight is 352 g/mol. The molecule has 0 spiro atoms. The summed E-state index contributed by atoms with van der Waals surface area (Å²) in [4.78, 5) is 1.33. The topological polar surface area (TPSA) is 46.5 Å². The highest BCUT2D eigenvalue weighted by Gasteiger charge is 2.19. The normalized spacial score (nSPS) is 13.2. The number of aliphatic hydroxyl groups is 1. The molecule has 0 aromatic heterocycles. The number of rotatable bonds is 5. The molecule has 3 nitrogen and oxygen atoms in total. The van der Waals surface area contributed by atoms with Crippen LogP contribution in [0.1, 0.15) is 22.8 Å². The van der Waals surface area contributed by atoms with Gasteiger partial charge in [-0.15, -0.1) is 0 Å². The van der Waals surface area contributed by atoms with Gasteiger partial charge in [-0.1, -0.05) is 48.0 Å². The van der Waals surface area contributed by atoms with Crippen molar-refractivity contribution in [3.63, 3.8) is 0 Å². The van der Waals surface area contributed by atoms with Gasteiger partial charge in [0.1, 0.15) is 11.9 Å². The lowest BCUT2D eigenvalue weighted by Gasteiger charge is -2.16. The van der Waals surface area contributed by atoms with Gasteiger partial charge in [-0.25, -0.2) is 4.21 Å². The maximum Gasteiger partial charge on any atom is 0.119 e. The first-order chi connectivity index (χ1) is 12.1. The number of hydrogen-bond acceptors (Lipinski definition) is 3. The monoisotopic (exact) mass is 352 g/mol. The molecule has 3 aromatic carbocycles. The smallest absolute Gasteiger partial charge is 0.119 e. The SMILES string of the molecule is COc1cccc([C@@H](O)c2ccccc2S(=O)c2ccc(C)cc2)c1. The van der Waals surface area contributed by atoms with Crippen LogP contribution in [0, 0.1) is 6.92 Å². The van der Waals surface area contributed by atoms with Crippen molar-refractivity contribution in [1.29, 1.82) is 0 Å². The van der Waals surface area contributed by atoms with E-state index in [2.05, 4.69) is 0 Å². The molecule has 0 aliphatic heterocycles. The fourth-order valence-electron chi connectivity index (χ4n) is 2.66. The van der Waals surface area contributed by atoms with Crippen molar-refractivity contribution in [3.05, 3.63) is 89.5 Å². The summed E-state index contributed by atoms with van der Waals surface area (Å²) >= 11 is 0. The van der Waals surface area contributed by atoms with Crippen LogP contribution in [0.2, 0.25) is 0 Å². The minimum atomic E-state index is -1.36. The van der Waals surface area contributed by atoms with E-state index in [4.69, 9.17) is 4.74 Å². The second-order valence-electron chi connectivity index (χ2n) is 5.80. The Morgan fingerprint density at radius 3 is 2.40 bits per heavy atom. The highest BCUT2D eigenvalue weighted by molar-refractivity contribution is 7.85. The molecule has 1 N–H and O–H groups in total. The zero-order chi connectivity index (χ0) is 17.8. The molecule has 128 valence electrons. The Morgan fingerprint density at radius 1 is 0.960 bits per heavy atom. The molecule has 3 aromatic rings. The first-order valence-corrected chi connectivity index (χ1v) is 9.14. The second-order valence-corrected chi connectivity index (χ2v) is 7.25. The quantitative estimate of drug-likeness (QED) is 0.747. The van der Waals surface area contributed by atoms with Gasteiger partial charge >= 0.3 is 0 Å². The summed E-state index contributed by atoms with van der Waals surface area (Å²) in [5.74, 6) is 0.675. The van der Waals surface area contributed by atoms with E-state index in [0.29, 0.717) is 21.8 Å². The van der Waals surface area contributed by atoms with Crippen molar-refractivity contribution < 1.29 is 14.1 Å². The molecule has 0 heterocycles. The van der Waals surface area contributed by atoms with E-state index in [0.717, 1.165) is 10.5 Å². The molecule has 2 atom stereocenters. The molecule has 0 saturated carbocycles. The van der Waals surface area contributed by atoms with Gasteiger partial charge in [0.15, 0.2) is 0 Å². The van der Waals surface area contributed by atoms with E-state index in [9.17, 15) is 9.32 Å². The molecule has 4 heteroatoms. The zero-order valence-electron chi connectivity index (χ0n) is 14.2. The molecule has 0 saturated heterocycles. The Kier molecular flexibility index (Phi) is 5.31. The average Bonchev–Trinajstić information content (AvgIpc) is 2.67. The van der Waals surface area contributed by atoms with Crippen molar-refractivity contribution >= 4 is 10.8 Å².